The van der Waals surface area contributed by atoms with Gasteiger partial charge in [0.1, 0.15) is 0 Å². The molecule has 20 heavy (non-hydrogen) atoms. The standard InChI is InChI=1S/C16H21N3O/c1-4-10-19(12-14-8-6-5-7-9-14)16(20)15-11-17-18(3)13(15)2/h5-9,11H,4,10,12H2,1-3H3. The molecule has 0 aliphatic heterocycles. The van der Waals surface area contributed by atoms with Crippen LogP contribution in [0, 0.1) is 6.92 Å². The Kier molecular flexibility index (Phi) is 4.56. The van der Waals surface area contributed by atoms with Crippen LogP contribution in [0.4, 0.5) is 0 Å². The van der Waals surface area contributed by atoms with Crippen LogP contribution in [0.1, 0.15) is 35.0 Å². The van der Waals surface area contributed by atoms with Crippen molar-refractivity contribution in [3.63, 3.8) is 0 Å². The van der Waals surface area contributed by atoms with Crippen molar-refractivity contribution in [1.29, 1.82) is 0 Å². The second kappa shape index (κ2) is 6.37. The Balaban J connectivity index is 2.20. The second-order valence-electron chi connectivity index (χ2n) is 4.98. The lowest BCUT2D eigenvalue weighted by Gasteiger charge is -2.22. The number of hydrogen-bond donors (Lipinski definition) is 0. The highest BCUT2D eigenvalue weighted by Gasteiger charge is 2.19. The summed E-state index contributed by atoms with van der Waals surface area (Å²) in [6.45, 7) is 5.40. The fourth-order valence-corrected chi connectivity index (χ4v) is 2.21. The predicted octanol–water partition coefficient (Wildman–Crippen LogP) is 2.78. The number of hydrogen-bond acceptors (Lipinski definition) is 2. The van der Waals surface area contributed by atoms with Crippen LogP contribution in [0.2, 0.25) is 0 Å². The van der Waals surface area contributed by atoms with Crippen LogP contribution in [0.3, 0.4) is 0 Å². The van der Waals surface area contributed by atoms with Crippen molar-refractivity contribution >= 4 is 5.91 Å². The van der Waals surface area contributed by atoms with E-state index in [2.05, 4.69) is 12.0 Å². The van der Waals surface area contributed by atoms with E-state index < -0.39 is 0 Å². The monoisotopic (exact) mass is 271 g/mol. The van der Waals surface area contributed by atoms with E-state index in [1.165, 1.54) is 0 Å². The molecule has 1 aromatic carbocycles. The van der Waals surface area contributed by atoms with Crippen molar-refractivity contribution in [1.82, 2.24) is 14.7 Å². The summed E-state index contributed by atoms with van der Waals surface area (Å²) in [5.74, 6) is 0.0568. The average molecular weight is 271 g/mol. The third-order valence-electron chi connectivity index (χ3n) is 3.46. The van der Waals surface area contributed by atoms with Crippen LogP contribution in [0.25, 0.3) is 0 Å². The van der Waals surface area contributed by atoms with Gasteiger partial charge in [-0.15, -0.1) is 0 Å². The summed E-state index contributed by atoms with van der Waals surface area (Å²) < 4.78 is 1.74. The fraction of sp³-hybridized carbons (Fsp3) is 0.375. The van der Waals surface area contributed by atoms with Crippen molar-refractivity contribution in [2.45, 2.75) is 26.8 Å². The SMILES string of the molecule is CCCN(Cc1ccccc1)C(=O)c1cnn(C)c1C. The summed E-state index contributed by atoms with van der Waals surface area (Å²) in [4.78, 5) is 14.5. The van der Waals surface area contributed by atoms with E-state index in [9.17, 15) is 4.79 Å². The largest absolute Gasteiger partial charge is 0.334 e. The summed E-state index contributed by atoms with van der Waals surface area (Å²) in [6, 6.07) is 10.1. The minimum absolute atomic E-state index is 0.0568. The van der Waals surface area contributed by atoms with Gasteiger partial charge in [0.05, 0.1) is 11.8 Å². The van der Waals surface area contributed by atoms with Crippen LogP contribution >= 0.6 is 0 Å². The Morgan fingerprint density at radius 2 is 2.00 bits per heavy atom. The number of carbonyl (C=O) groups is 1. The maximum atomic E-state index is 12.6. The van der Waals surface area contributed by atoms with Crippen molar-refractivity contribution in [2.24, 2.45) is 7.05 Å². The Morgan fingerprint density at radius 3 is 2.55 bits per heavy atom. The average Bonchev–Trinajstić information content (AvgIpc) is 2.79. The minimum Gasteiger partial charge on any atom is -0.334 e. The van der Waals surface area contributed by atoms with Crippen molar-refractivity contribution < 1.29 is 4.79 Å². The van der Waals surface area contributed by atoms with Gasteiger partial charge in [0.2, 0.25) is 0 Å². The maximum Gasteiger partial charge on any atom is 0.257 e. The zero-order valence-corrected chi connectivity index (χ0v) is 12.3. The lowest BCUT2D eigenvalue weighted by molar-refractivity contribution is 0.0742. The number of rotatable bonds is 5. The molecule has 0 N–H and O–H groups in total. The van der Waals surface area contributed by atoms with Gasteiger partial charge in [-0.05, 0) is 18.9 Å². The van der Waals surface area contributed by atoms with Gasteiger partial charge in [0, 0.05) is 25.8 Å². The second-order valence-corrected chi connectivity index (χ2v) is 4.98. The first-order valence-corrected chi connectivity index (χ1v) is 6.95. The molecule has 0 fully saturated rings. The van der Waals surface area contributed by atoms with Gasteiger partial charge in [-0.25, -0.2) is 0 Å². The molecule has 4 heteroatoms. The molecule has 2 rings (SSSR count). The zero-order valence-electron chi connectivity index (χ0n) is 12.3. The van der Waals surface area contributed by atoms with Gasteiger partial charge < -0.3 is 4.90 Å². The third-order valence-corrected chi connectivity index (χ3v) is 3.46. The Bertz CT molecular complexity index is 575. The van der Waals surface area contributed by atoms with Gasteiger partial charge >= 0.3 is 0 Å². The summed E-state index contributed by atoms with van der Waals surface area (Å²) >= 11 is 0. The van der Waals surface area contributed by atoms with Crippen molar-refractivity contribution in [3.8, 4) is 0 Å². The van der Waals surface area contributed by atoms with Gasteiger partial charge in [0.15, 0.2) is 0 Å². The smallest absolute Gasteiger partial charge is 0.257 e. The molecule has 0 bridgehead atoms. The van der Waals surface area contributed by atoms with E-state index >= 15 is 0 Å². The number of carbonyl (C=O) groups excluding carboxylic acids is 1. The molecule has 0 unspecified atom stereocenters. The molecule has 106 valence electrons. The topological polar surface area (TPSA) is 38.1 Å². The highest BCUT2D eigenvalue weighted by molar-refractivity contribution is 5.95. The highest BCUT2D eigenvalue weighted by atomic mass is 16.2. The number of aromatic nitrogens is 2. The molecule has 0 aliphatic carbocycles. The minimum atomic E-state index is 0.0568. The normalized spacial score (nSPS) is 10.6. The molecule has 1 aromatic heterocycles. The van der Waals surface area contributed by atoms with Crippen LogP contribution < -0.4 is 0 Å². The van der Waals surface area contributed by atoms with Gasteiger partial charge in [-0.2, -0.15) is 5.10 Å². The molecule has 4 nitrogen and oxygen atoms in total. The van der Waals surface area contributed by atoms with Crippen molar-refractivity contribution in [2.75, 3.05) is 6.54 Å². The van der Waals surface area contributed by atoms with Gasteiger partial charge in [0.25, 0.3) is 5.91 Å². The Morgan fingerprint density at radius 1 is 1.30 bits per heavy atom. The van der Waals surface area contributed by atoms with E-state index in [0.717, 1.165) is 24.2 Å². The first kappa shape index (κ1) is 14.3. The summed E-state index contributed by atoms with van der Waals surface area (Å²) in [6.07, 6.45) is 2.60. The molecule has 2 aromatic rings. The zero-order chi connectivity index (χ0) is 14.5. The maximum absolute atomic E-state index is 12.6. The quantitative estimate of drug-likeness (QED) is 0.838. The Labute approximate surface area is 120 Å². The van der Waals surface area contributed by atoms with Crippen LogP contribution in [0.15, 0.2) is 36.5 Å². The van der Waals surface area contributed by atoms with E-state index in [1.807, 2.05) is 49.2 Å². The molecule has 0 aliphatic rings. The van der Waals surface area contributed by atoms with Gasteiger partial charge in [-0.3, -0.25) is 9.48 Å². The molecular formula is C16H21N3O. The number of amides is 1. The first-order valence-electron chi connectivity index (χ1n) is 6.95. The lowest BCUT2D eigenvalue weighted by atomic mass is 10.1. The first-order chi connectivity index (χ1) is 9.63. The fourth-order valence-electron chi connectivity index (χ4n) is 2.21. The number of aryl methyl sites for hydroxylation is 1. The highest BCUT2D eigenvalue weighted by Crippen LogP contribution is 2.13. The molecule has 0 spiro atoms. The Hall–Kier alpha value is -2.10. The van der Waals surface area contributed by atoms with Gasteiger partial charge in [-0.1, -0.05) is 37.3 Å². The number of benzene rings is 1. The molecule has 0 saturated carbocycles. The molecule has 0 saturated heterocycles. The number of nitrogens with zero attached hydrogens (tertiary/aromatic N) is 3. The van der Waals surface area contributed by atoms with E-state index in [0.29, 0.717) is 12.1 Å². The molecule has 1 heterocycles. The van der Waals surface area contributed by atoms with Crippen LogP contribution in [0.5, 0.6) is 0 Å². The van der Waals surface area contributed by atoms with E-state index in [1.54, 1.807) is 10.9 Å². The summed E-state index contributed by atoms with van der Waals surface area (Å²) in [7, 11) is 1.85. The van der Waals surface area contributed by atoms with Crippen LogP contribution in [-0.2, 0) is 13.6 Å². The lowest BCUT2D eigenvalue weighted by Crippen LogP contribution is -2.31. The van der Waals surface area contributed by atoms with E-state index in [4.69, 9.17) is 0 Å². The molecule has 0 radical (unpaired) electrons. The van der Waals surface area contributed by atoms with E-state index in [-0.39, 0.29) is 5.91 Å². The predicted molar refractivity (Wildman–Crippen MR) is 79.4 cm³/mol. The molecular weight excluding hydrogens is 250 g/mol. The summed E-state index contributed by atoms with van der Waals surface area (Å²) in [5, 5.41) is 4.16. The summed E-state index contributed by atoms with van der Waals surface area (Å²) in [5.41, 5.74) is 2.75. The molecule has 0 atom stereocenters. The van der Waals surface area contributed by atoms with Crippen molar-refractivity contribution in [3.05, 3.63) is 53.3 Å². The van der Waals surface area contributed by atoms with Crippen LogP contribution in [-0.4, -0.2) is 27.1 Å². The third kappa shape index (κ3) is 3.07. The molecule has 1 amide bonds.